The second-order valence-corrected chi connectivity index (χ2v) is 23.9. The van der Waals surface area contributed by atoms with E-state index in [1.165, 1.54) is 154 Å². The zero-order valence-electron chi connectivity index (χ0n) is 45.3. The van der Waals surface area contributed by atoms with Gasteiger partial charge in [0.15, 0.2) is 12.3 Å². The molecule has 0 aliphatic carbocycles. The maximum absolute atomic E-state index is 12.9. The van der Waals surface area contributed by atoms with Crippen LogP contribution in [-0.4, -0.2) is 85.7 Å². The normalized spacial score (nSPS) is 19.4. The van der Waals surface area contributed by atoms with Crippen molar-refractivity contribution in [1.29, 1.82) is 0 Å². The Kier molecular flexibility index (Phi) is 36.7. The summed E-state index contributed by atoms with van der Waals surface area (Å²) < 4.78 is 56.9. The van der Waals surface area contributed by atoms with Crippen molar-refractivity contribution in [3.8, 4) is 0 Å². The molecule has 0 spiro atoms. The summed E-state index contributed by atoms with van der Waals surface area (Å²) in [5, 5.41) is 20.9. The molecule has 426 valence electrons. The number of rotatable bonds is 47. The van der Waals surface area contributed by atoms with Crippen molar-refractivity contribution in [3.05, 3.63) is 22.7 Å². The van der Waals surface area contributed by atoms with Crippen LogP contribution in [0, 0.1) is 11.8 Å². The number of nitrogens with two attached hydrogens (primary N) is 1. The van der Waals surface area contributed by atoms with Gasteiger partial charge in [0.2, 0.25) is 0 Å². The van der Waals surface area contributed by atoms with E-state index in [-0.39, 0.29) is 18.7 Å². The number of nitrogens with zero attached hydrogens (tertiary/aromatic N) is 2. The molecule has 0 saturated carbocycles. The number of ether oxygens (including phenoxy) is 3. The van der Waals surface area contributed by atoms with Crippen LogP contribution in [-0.2, 0) is 46.3 Å². The van der Waals surface area contributed by atoms with Gasteiger partial charge in [0.05, 0.1) is 13.2 Å². The number of unbranched alkanes of at least 4 members (excludes halogenated alkanes) is 26. The molecular formula is C53H99N3O15P2. The molecule has 0 bridgehead atoms. The van der Waals surface area contributed by atoms with Crippen molar-refractivity contribution in [1.82, 2.24) is 9.55 Å². The van der Waals surface area contributed by atoms with E-state index in [9.17, 15) is 43.5 Å². The number of carbonyl (C=O) groups is 2. The summed E-state index contributed by atoms with van der Waals surface area (Å²) in [7, 11) is -10.8. The van der Waals surface area contributed by atoms with E-state index >= 15 is 0 Å². The summed E-state index contributed by atoms with van der Waals surface area (Å²) in [6, 6.07) is 1.25. The smallest absolute Gasteiger partial charge is 0.462 e. The Morgan fingerprint density at radius 1 is 0.658 bits per heavy atom. The number of phosphoric acid groups is 2. The summed E-state index contributed by atoms with van der Waals surface area (Å²) in [4.78, 5) is 62.0. The van der Waals surface area contributed by atoms with Crippen LogP contribution in [0.3, 0.4) is 0 Å². The SMILES string of the molecule is CCC(C)CCCCCCCCCCCCCCCCCCCCC(=O)OC[C@H](COP(=O)(O)OP(=O)(O)OC[C@H]1O[C@@H](n2ccc(N)nc2=O)C(O)[C@H]1O)OC(=O)CCCCCCCCCCCCC(C)C. The zero-order valence-corrected chi connectivity index (χ0v) is 47.1. The van der Waals surface area contributed by atoms with Crippen LogP contribution in [0.15, 0.2) is 17.1 Å². The first-order chi connectivity index (χ1) is 34.9. The molecule has 1 aromatic heterocycles. The Morgan fingerprint density at radius 2 is 1.10 bits per heavy atom. The number of phosphoric ester groups is 2. The first-order valence-corrected chi connectivity index (χ1v) is 31.3. The van der Waals surface area contributed by atoms with Gasteiger partial charge in [-0.15, -0.1) is 0 Å². The van der Waals surface area contributed by atoms with Gasteiger partial charge in [0.1, 0.15) is 30.7 Å². The Morgan fingerprint density at radius 3 is 1.56 bits per heavy atom. The van der Waals surface area contributed by atoms with Crippen LogP contribution in [0.25, 0.3) is 0 Å². The van der Waals surface area contributed by atoms with Gasteiger partial charge in [-0.1, -0.05) is 214 Å². The number of aliphatic hydroxyl groups is 2. The second-order valence-electron chi connectivity index (χ2n) is 20.9. The molecule has 1 fully saturated rings. The van der Waals surface area contributed by atoms with Gasteiger partial charge >= 0.3 is 33.3 Å². The predicted octanol–water partition coefficient (Wildman–Crippen LogP) is 12.3. The number of hydrogen-bond donors (Lipinski definition) is 5. The van der Waals surface area contributed by atoms with Crippen LogP contribution < -0.4 is 11.4 Å². The molecule has 2 rings (SSSR count). The van der Waals surface area contributed by atoms with Gasteiger partial charge in [-0.3, -0.25) is 23.2 Å². The molecule has 4 unspecified atom stereocenters. The molecule has 1 saturated heterocycles. The summed E-state index contributed by atoms with van der Waals surface area (Å²) >= 11 is 0. The highest BCUT2D eigenvalue weighted by molar-refractivity contribution is 7.61. The maximum Gasteiger partial charge on any atom is 0.481 e. The third-order valence-corrected chi connectivity index (χ3v) is 16.3. The van der Waals surface area contributed by atoms with Gasteiger partial charge in [-0.2, -0.15) is 9.29 Å². The minimum Gasteiger partial charge on any atom is -0.462 e. The van der Waals surface area contributed by atoms with E-state index in [0.717, 1.165) is 61.3 Å². The van der Waals surface area contributed by atoms with E-state index in [2.05, 4.69) is 37.0 Å². The lowest BCUT2D eigenvalue weighted by Crippen LogP contribution is -2.36. The van der Waals surface area contributed by atoms with Gasteiger partial charge in [-0.25, -0.2) is 13.9 Å². The standard InChI is InChI=1S/C53H99N3O15P2/c1-5-44(4)35-31-27-23-19-14-12-10-8-6-7-9-11-13-15-20-24-28-32-36-48(57)66-40-45(69-49(58)37-33-29-25-21-17-16-18-22-26-30-34-43(2)3)41-67-72(62,63)71-73(64,65)68-42-46-50(59)51(60)52(70-46)56-39-38-47(54)55-53(56)61/h38-39,43-46,50-52,59-60H,5-37,40-42H2,1-4H3,(H,62,63)(H,64,65)(H2,54,55,61)/t44?,45-,46-,50+,51?,52-/m1/s1. The Hall–Kier alpha value is -2.24. The first-order valence-electron chi connectivity index (χ1n) is 28.3. The summed E-state index contributed by atoms with van der Waals surface area (Å²) in [5.74, 6) is 0.347. The van der Waals surface area contributed by atoms with Crippen LogP contribution in [0.1, 0.15) is 246 Å². The molecule has 18 nitrogen and oxygen atoms in total. The van der Waals surface area contributed by atoms with Crippen LogP contribution in [0.2, 0.25) is 0 Å². The highest BCUT2D eigenvalue weighted by atomic mass is 31.3. The van der Waals surface area contributed by atoms with E-state index in [1.54, 1.807) is 0 Å². The topological polar surface area (TPSA) is 265 Å². The third kappa shape index (κ3) is 33.5. The number of nitrogen functional groups attached to an aromatic ring is 1. The van der Waals surface area contributed by atoms with Crippen molar-refractivity contribution in [2.24, 2.45) is 11.8 Å². The van der Waals surface area contributed by atoms with Gasteiger partial charge in [0, 0.05) is 19.0 Å². The molecule has 0 amide bonds. The second kappa shape index (κ2) is 40.0. The molecular weight excluding hydrogens is 981 g/mol. The monoisotopic (exact) mass is 1080 g/mol. The van der Waals surface area contributed by atoms with Crippen LogP contribution in [0.4, 0.5) is 5.82 Å². The fourth-order valence-corrected chi connectivity index (χ4v) is 11.0. The lowest BCUT2D eigenvalue weighted by molar-refractivity contribution is -0.161. The minimum atomic E-state index is -5.42. The Labute approximate surface area is 438 Å². The average molecular weight is 1080 g/mol. The van der Waals surface area contributed by atoms with E-state index < -0.39 is 83.7 Å². The lowest BCUT2D eigenvalue weighted by Gasteiger charge is -2.21. The number of hydrogen-bond acceptors (Lipinski definition) is 15. The van der Waals surface area contributed by atoms with E-state index in [1.807, 2.05) is 0 Å². The summed E-state index contributed by atoms with van der Waals surface area (Å²) in [6.07, 6.45) is 30.5. The van der Waals surface area contributed by atoms with E-state index in [0.29, 0.717) is 12.8 Å². The average Bonchev–Trinajstić information content (AvgIpc) is 3.62. The highest BCUT2D eigenvalue weighted by Gasteiger charge is 2.46. The summed E-state index contributed by atoms with van der Waals surface area (Å²) in [6.45, 7) is 6.86. The molecule has 2 heterocycles. The van der Waals surface area contributed by atoms with Crippen LogP contribution >= 0.6 is 15.6 Å². The van der Waals surface area contributed by atoms with Crippen LogP contribution in [0.5, 0.6) is 0 Å². The fraction of sp³-hybridized carbons (Fsp3) is 0.887. The maximum atomic E-state index is 12.9. The molecule has 20 heteroatoms. The number of aliphatic hydroxyl groups excluding tert-OH is 2. The van der Waals surface area contributed by atoms with E-state index in [4.69, 9.17) is 29.0 Å². The zero-order chi connectivity index (χ0) is 53.7. The number of aromatic nitrogens is 2. The largest absolute Gasteiger partial charge is 0.481 e. The van der Waals surface area contributed by atoms with Crippen molar-refractivity contribution in [3.63, 3.8) is 0 Å². The molecule has 1 aromatic rings. The van der Waals surface area contributed by atoms with Gasteiger partial charge in [0.25, 0.3) is 0 Å². The predicted molar refractivity (Wildman–Crippen MR) is 284 cm³/mol. The molecule has 8 atom stereocenters. The first kappa shape index (κ1) is 66.9. The van der Waals surface area contributed by atoms with Crippen molar-refractivity contribution >= 4 is 33.4 Å². The molecule has 1 aliphatic rings. The van der Waals surface area contributed by atoms with Crippen molar-refractivity contribution in [2.45, 2.75) is 270 Å². The molecule has 1 aliphatic heterocycles. The van der Waals surface area contributed by atoms with Crippen molar-refractivity contribution in [2.75, 3.05) is 25.6 Å². The van der Waals surface area contributed by atoms with Crippen molar-refractivity contribution < 1.29 is 66.3 Å². The fourth-order valence-electron chi connectivity index (χ4n) is 8.89. The summed E-state index contributed by atoms with van der Waals surface area (Å²) in [5.41, 5.74) is 4.60. The highest BCUT2D eigenvalue weighted by Crippen LogP contribution is 2.60. The molecule has 73 heavy (non-hydrogen) atoms. The Balaban J connectivity index is 1.72. The number of carbonyl (C=O) groups excluding carboxylic acids is 2. The molecule has 0 radical (unpaired) electrons. The number of anilines is 1. The lowest BCUT2D eigenvalue weighted by atomic mass is 9.99. The van der Waals surface area contributed by atoms with Gasteiger partial charge in [-0.05, 0) is 30.7 Å². The molecule has 6 N–H and O–H groups in total. The molecule has 0 aromatic carbocycles. The Bertz CT molecular complexity index is 1760. The van der Waals surface area contributed by atoms with Gasteiger partial charge < -0.3 is 39.9 Å². The minimum absolute atomic E-state index is 0.0560. The quantitative estimate of drug-likeness (QED) is 0.0231. The third-order valence-electron chi connectivity index (χ3n) is 13.7. The number of esters is 2.